The Labute approximate surface area is 551 Å². The second kappa shape index (κ2) is 77.7. The summed E-state index contributed by atoms with van der Waals surface area (Å²) in [5, 5.41) is 34.4. The van der Waals surface area contributed by atoms with E-state index < -0.39 is 22.4 Å². The fraction of sp³-hybridized carbons (Fsp3) is 0.864. The number of aliphatic hydroxyl groups excluding tert-OH is 2. The summed E-state index contributed by atoms with van der Waals surface area (Å²) in [6, 6.07) is 1.69. The van der Waals surface area contributed by atoms with Gasteiger partial charge < -0.3 is 100 Å². The van der Waals surface area contributed by atoms with E-state index in [1.54, 1.807) is 44.1 Å². The summed E-state index contributed by atoms with van der Waals surface area (Å²) in [7, 11) is 10.5. The first-order valence-corrected chi connectivity index (χ1v) is 28.9. The Morgan fingerprint density at radius 3 is 0.965 bits per heavy atom. The number of rotatable bonds is 30. The summed E-state index contributed by atoms with van der Waals surface area (Å²) in [5.74, 6) is 0. The van der Waals surface area contributed by atoms with E-state index in [-0.39, 0.29) is 72.9 Å². The van der Waals surface area contributed by atoms with Gasteiger partial charge in [0, 0.05) is 120 Å². The smallest absolute Gasteiger partial charge is 0.857 e. The molecule has 0 unspecified atom stereocenters. The van der Waals surface area contributed by atoms with Crippen LogP contribution in [0.5, 0.6) is 0 Å². The summed E-state index contributed by atoms with van der Waals surface area (Å²) in [6.07, 6.45) is 6.67. The summed E-state index contributed by atoms with van der Waals surface area (Å²) < 4.78 is 41.9. The Morgan fingerprint density at radius 1 is 0.547 bits per heavy atom. The van der Waals surface area contributed by atoms with Gasteiger partial charge in [0.25, 0.3) is 0 Å². The predicted molar refractivity (Wildman–Crippen MR) is 344 cm³/mol. The predicted octanol–water partition coefficient (Wildman–Crippen LogP) is 4.33. The standard InChI is InChI=1S/C12H22N2O3.2C12H26N2O3.C9H19NO3.C7H18N2O.C3H3N.C2H6.CH4O.CH3O.ClH.Na/c1-12(2,3)17-11(15)14(5)8-6-9-16-10-7-13-4;2*1-12(2,3)17-11(15)14(4)8-6-10-16-9-5-7-13;1-9(2,3)13-8(12)10(4)6-5-7-11;1-9-5-3-7-10-6-2-4-8;1-2-3-4;3*1-2;;/h6-10H2,1-3,5H3;2*5-10,13H2,1-4H3;11H,5-7H2,1-4H3;9H,2-8H2,1H3;2H,1H2;1-2H3;2H,1H3;1H3;1H;/q;;;;;;;;-1;;+1. The molecule has 0 heterocycles. The van der Waals surface area contributed by atoms with Gasteiger partial charge in [-0.05, 0) is 168 Å². The molecule has 0 aliphatic rings. The van der Waals surface area contributed by atoms with E-state index in [4.69, 9.17) is 82.2 Å². The maximum atomic E-state index is 11.6. The largest absolute Gasteiger partial charge is 1.00 e. The molecule has 0 radical (unpaired) electrons. The van der Waals surface area contributed by atoms with Crippen LogP contribution in [0.1, 0.15) is 148 Å². The van der Waals surface area contributed by atoms with Crippen LogP contribution in [0.15, 0.2) is 12.7 Å². The first kappa shape index (κ1) is 107. The van der Waals surface area contributed by atoms with Crippen LogP contribution in [0.4, 0.5) is 19.2 Å². The van der Waals surface area contributed by atoms with Gasteiger partial charge in [-0.25, -0.2) is 25.8 Å². The van der Waals surface area contributed by atoms with E-state index in [0.717, 1.165) is 85.5 Å². The molecule has 0 spiro atoms. The van der Waals surface area contributed by atoms with Gasteiger partial charge in [-0.15, -0.1) is 12.4 Å². The van der Waals surface area contributed by atoms with Crippen molar-refractivity contribution >= 4 is 36.8 Å². The van der Waals surface area contributed by atoms with Gasteiger partial charge in [-0.1, -0.05) is 20.4 Å². The van der Waals surface area contributed by atoms with Gasteiger partial charge >= 0.3 is 53.9 Å². The Hall–Kier alpha value is -3.35. The minimum absolute atomic E-state index is 0. The third-order valence-electron chi connectivity index (χ3n) is 8.45. The van der Waals surface area contributed by atoms with Gasteiger partial charge in [-0.3, -0.25) is 0 Å². The monoisotopic (exact) mass is 1270 g/mol. The number of carbonyl (C=O) groups is 4. The molecular formula is C59H128ClN10NaO15. The van der Waals surface area contributed by atoms with Crippen molar-refractivity contribution in [3.8, 4) is 6.07 Å². The molecule has 0 aromatic heterocycles. The third kappa shape index (κ3) is 109. The molecule has 0 rings (SSSR count). The van der Waals surface area contributed by atoms with Crippen molar-refractivity contribution in [1.82, 2.24) is 24.9 Å². The molecule has 0 aliphatic heterocycles. The van der Waals surface area contributed by atoms with E-state index in [2.05, 4.69) is 16.7 Å². The van der Waals surface area contributed by atoms with E-state index in [9.17, 15) is 19.2 Å². The van der Waals surface area contributed by atoms with Gasteiger partial charge in [0.2, 0.25) is 6.54 Å². The zero-order valence-corrected chi connectivity index (χ0v) is 61.0. The molecule has 25 nitrogen and oxygen atoms in total. The molecule has 0 aromatic carbocycles. The molecule has 0 saturated heterocycles. The number of amides is 4. The van der Waals surface area contributed by atoms with Crippen molar-refractivity contribution in [2.24, 2.45) is 17.2 Å². The van der Waals surface area contributed by atoms with Crippen LogP contribution in [0.2, 0.25) is 0 Å². The number of halogens is 1. The molecule has 0 saturated carbocycles. The summed E-state index contributed by atoms with van der Waals surface area (Å²) in [5.41, 5.74) is 14.2. The number of aliphatic hydroxyl groups is 2. The van der Waals surface area contributed by atoms with Crippen molar-refractivity contribution in [1.29, 1.82) is 5.26 Å². The minimum atomic E-state index is -0.461. The third-order valence-corrected chi connectivity index (χ3v) is 8.45. The van der Waals surface area contributed by atoms with Crippen molar-refractivity contribution in [3.63, 3.8) is 0 Å². The Kier molecular flexibility index (Phi) is 97.0. The normalized spacial score (nSPS) is 9.87. The maximum Gasteiger partial charge on any atom is 1.00 e. The fourth-order valence-electron chi connectivity index (χ4n) is 4.67. The van der Waals surface area contributed by atoms with Crippen molar-refractivity contribution in [2.45, 2.75) is 171 Å². The molecule has 0 bridgehead atoms. The average Bonchev–Trinajstić information content (AvgIpc) is 3.45. The Bertz CT molecular complexity index is 1480. The van der Waals surface area contributed by atoms with Crippen LogP contribution < -0.4 is 57.2 Å². The molecule has 512 valence electrons. The second-order valence-electron chi connectivity index (χ2n) is 21.3. The van der Waals surface area contributed by atoms with E-state index in [1.807, 2.05) is 104 Å². The topological polar surface area (TPSA) is 337 Å². The van der Waals surface area contributed by atoms with Crippen molar-refractivity contribution < 1.29 is 102 Å². The number of nitrogens with one attached hydrogen (secondary N) is 1. The summed E-state index contributed by atoms with van der Waals surface area (Å²) >= 11 is 0. The molecule has 9 N–H and O–H groups in total. The molecule has 27 heteroatoms. The number of carbonyl (C=O) groups excluding carboxylic acids is 4. The molecule has 0 aromatic rings. The SMILES string of the molecule is C=CC#N.CC.CN(CCCO)C(=O)OC(C)(C)C.CN(CCCOCCCN)C(=O)OC(C)(C)C.CN(CCCOCCCN)C(=O)OC(C)(C)C.CNCCCOCCCN.CO.C[O-].Cl.[C-]#[N+]CCOCCCN(C)C(=O)OC(C)(C)C.[Na+]. The molecule has 0 aliphatic carbocycles. The molecule has 4 amide bonds. The van der Waals surface area contributed by atoms with Crippen LogP contribution in [0.3, 0.4) is 0 Å². The second-order valence-corrected chi connectivity index (χ2v) is 21.3. The molecular weight excluding hydrogens is 1150 g/mol. The molecule has 86 heavy (non-hydrogen) atoms. The van der Waals surface area contributed by atoms with Gasteiger partial charge in [0.15, 0.2) is 0 Å². The number of hydrogen-bond donors (Lipinski definition) is 6. The zero-order chi connectivity index (χ0) is 67.5. The fourth-order valence-corrected chi connectivity index (χ4v) is 4.67. The van der Waals surface area contributed by atoms with Gasteiger partial charge in [-0.2, -0.15) is 12.4 Å². The van der Waals surface area contributed by atoms with E-state index in [1.165, 1.54) is 15.9 Å². The first-order valence-electron chi connectivity index (χ1n) is 28.9. The van der Waals surface area contributed by atoms with Crippen molar-refractivity contribution in [3.05, 3.63) is 24.1 Å². The van der Waals surface area contributed by atoms with Crippen LogP contribution in [-0.2, 0) is 37.9 Å². The van der Waals surface area contributed by atoms with Crippen LogP contribution in [0.25, 0.3) is 4.85 Å². The quantitative estimate of drug-likeness (QED) is 0.0192. The Morgan fingerprint density at radius 2 is 0.767 bits per heavy atom. The molecule has 0 atom stereocenters. The number of nitriles is 1. The van der Waals surface area contributed by atoms with Crippen LogP contribution >= 0.6 is 12.4 Å². The molecule has 0 fully saturated rings. The summed E-state index contributed by atoms with van der Waals surface area (Å²) in [4.78, 5) is 55.3. The number of nitrogens with zero attached hydrogens (tertiary/aromatic N) is 6. The maximum absolute atomic E-state index is 11.6. The van der Waals surface area contributed by atoms with E-state index >= 15 is 0 Å². The van der Waals surface area contributed by atoms with Crippen LogP contribution in [-0.4, -0.2) is 244 Å². The van der Waals surface area contributed by atoms with Crippen molar-refractivity contribution in [2.75, 3.05) is 168 Å². The number of nitrogens with two attached hydrogens (primary N) is 3. The minimum Gasteiger partial charge on any atom is -0.857 e. The number of allylic oxidation sites excluding steroid dienone is 1. The average molecular weight is 1280 g/mol. The van der Waals surface area contributed by atoms with Crippen LogP contribution in [0, 0.1) is 17.9 Å². The Balaban J connectivity index is -0.0000000876. The number of ether oxygens (including phenoxy) is 8. The number of hydrogen-bond acceptors (Lipinski definition) is 20. The zero-order valence-electron chi connectivity index (χ0n) is 58.2. The summed E-state index contributed by atoms with van der Waals surface area (Å²) in [6.45, 7) is 47.1. The van der Waals surface area contributed by atoms with E-state index in [0.29, 0.717) is 91.9 Å². The first-order chi connectivity index (χ1) is 39.3. The van der Waals surface area contributed by atoms with Gasteiger partial charge in [0.05, 0.1) is 6.07 Å². The van der Waals surface area contributed by atoms with Gasteiger partial charge in [0.1, 0.15) is 29.0 Å².